The molecule has 0 radical (unpaired) electrons. The summed E-state index contributed by atoms with van der Waals surface area (Å²) >= 11 is 0. The van der Waals surface area contributed by atoms with Crippen molar-refractivity contribution >= 4 is 0 Å². The number of aromatic nitrogens is 2. The van der Waals surface area contributed by atoms with E-state index >= 15 is 0 Å². The Balaban J connectivity index is 1.51. The maximum absolute atomic E-state index is 11.9. The van der Waals surface area contributed by atoms with Crippen molar-refractivity contribution < 1.29 is 23.8 Å². The van der Waals surface area contributed by atoms with Crippen LogP contribution in [0.2, 0.25) is 0 Å². The molecule has 1 aromatic heterocycles. The van der Waals surface area contributed by atoms with Gasteiger partial charge in [-0.25, -0.2) is 0 Å². The molecule has 0 atom stereocenters. The zero-order chi connectivity index (χ0) is 18.5. The van der Waals surface area contributed by atoms with Gasteiger partial charge in [0.15, 0.2) is 5.95 Å². The normalized spacial score (nSPS) is 14.4. The van der Waals surface area contributed by atoms with Gasteiger partial charge in [0, 0.05) is 36.5 Å². The third kappa shape index (κ3) is 4.10. The first-order chi connectivity index (χ1) is 13.3. The molecule has 1 saturated heterocycles. The summed E-state index contributed by atoms with van der Waals surface area (Å²) in [5.41, 5.74) is 1.67. The molecule has 0 N–H and O–H groups in total. The van der Waals surface area contributed by atoms with Crippen LogP contribution in [0.5, 0.6) is 11.7 Å². The molecule has 136 valence electrons. The maximum atomic E-state index is 11.9. The lowest BCUT2D eigenvalue weighted by Gasteiger charge is -2.23. The van der Waals surface area contributed by atoms with Crippen molar-refractivity contribution in [2.24, 2.45) is 0 Å². The van der Waals surface area contributed by atoms with Crippen LogP contribution in [0.3, 0.4) is 0 Å². The fourth-order valence-corrected chi connectivity index (χ4v) is 2.83. The summed E-state index contributed by atoms with van der Waals surface area (Å²) in [6.45, 7) is 1.48. The van der Waals surface area contributed by atoms with Gasteiger partial charge in [0.2, 0.25) is 5.69 Å². The molecule has 0 bridgehead atoms. The minimum absolute atomic E-state index is 0.184. The lowest BCUT2D eigenvalue weighted by atomic mass is 10.1. The highest BCUT2D eigenvalue weighted by Gasteiger charge is 2.18. The highest BCUT2D eigenvalue weighted by molar-refractivity contribution is 5.43. The van der Waals surface area contributed by atoms with E-state index in [2.05, 4.69) is 17.1 Å². The van der Waals surface area contributed by atoms with E-state index in [-0.39, 0.29) is 11.8 Å². The standard InChI is InChI=1S/C21H18N2O4/c24-21-20(23(22-27-21)17-4-2-1-3-5-17)11-8-16-6-9-18(10-7-16)26-19-12-14-25-15-13-19/h1-7,9-10,19H,12-15H2. The number of para-hydroxylation sites is 1. The van der Waals surface area contributed by atoms with Gasteiger partial charge in [0.25, 0.3) is 0 Å². The van der Waals surface area contributed by atoms with Crippen LogP contribution in [-0.4, -0.2) is 24.6 Å². The van der Waals surface area contributed by atoms with Crippen LogP contribution in [0.1, 0.15) is 24.1 Å². The SMILES string of the molecule is [O-]c1on[n+](-c2ccccc2)c1C#Cc1ccc(OC2CCOCC2)cc1. The largest absolute Gasteiger partial charge is 0.538 e. The van der Waals surface area contributed by atoms with E-state index in [1.165, 1.54) is 4.68 Å². The minimum Gasteiger partial charge on any atom is -0.538 e. The van der Waals surface area contributed by atoms with Crippen LogP contribution in [0, 0.1) is 11.8 Å². The summed E-state index contributed by atoms with van der Waals surface area (Å²) in [6, 6.07) is 16.8. The van der Waals surface area contributed by atoms with Gasteiger partial charge in [-0.3, -0.25) is 0 Å². The third-order valence-electron chi connectivity index (χ3n) is 4.26. The molecule has 3 aromatic rings. The average molecular weight is 362 g/mol. The van der Waals surface area contributed by atoms with Gasteiger partial charge >= 0.3 is 5.69 Å². The molecule has 4 rings (SSSR count). The number of benzene rings is 2. The molecule has 6 nitrogen and oxygen atoms in total. The summed E-state index contributed by atoms with van der Waals surface area (Å²) in [5, 5.41) is 15.7. The molecule has 0 saturated carbocycles. The number of ether oxygens (including phenoxy) is 2. The second-order valence-corrected chi connectivity index (χ2v) is 6.16. The van der Waals surface area contributed by atoms with Gasteiger partial charge in [-0.1, -0.05) is 24.1 Å². The van der Waals surface area contributed by atoms with E-state index in [1.54, 1.807) is 0 Å². The van der Waals surface area contributed by atoms with Gasteiger partial charge in [-0.2, -0.15) is 0 Å². The van der Waals surface area contributed by atoms with Crippen LogP contribution in [0.15, 0.2) is 59.1 Å². The molecule has 1 aliphatic heterocycles. The predicted octanol–water partition coefficient (Wildman–Crippen LogP) is 1.98. The molecular weight excluding hydrogens is 344 g/mol. The van der Waals surface area contributed by atoms with Crippen LogP contribution < -0.4 is 14.5 Å². The zero-order valence-corrected chi connectivity index (χ0v) is 14.6. The van der Waals surface area contributed by atoms with E-state index in [4.69, 9.17) is 14.0 Å². The molecule has 0 spiro atoms. The topological polar surface area (TPSA) is 71.4 Å². The van der Waals surface area contributed by atoms with E-state index in [1.807, 2.05) is 54.6 Å². The van der Waals surface area contributed by atoms with Gasteiger partial charge in [0.05, 0.1) is 18.5 Å². The molecule has 0 amide bonds. The van der Waals surface area contributed by atoms with E-state index < -0.39 is 5.95 Å². The van der Waals surface area contributed by atoms with Crippen LogP contribution in [0.25, 0.3) is 5.69 Å². The van der Waals surface area contributed by atoms with Gasteiger partial charge in [0.1, 0.15) is 11.9 Å². The summed E-state index contributed by atoms with van der Waals surface area (Å²) in [7, 11) is 0. The Labute approximate surface area is 156 Å². The zero-order valence-electron chi connectivity index (χ0n) is 14.6. The van der Waals surface area contributed by atoms with Crippen molar-refractivity contribution in [1.29, 1.82) is 0 Å². The Bertz CT molecular complexity index is 949. The second-order valence-electron chi connectivity index (χ2n) is 6.16. The fraction of sp³-hybridized carbons (Fsp3) is 0.238. The molecule has 0 unspecified atom stereocenters. The highest BCUT2D eigenvalue weighted by atomic mass is 16.6. The van der Waals surface area contributed by atoms with Crippen molar-refractivity contribution in [2.75, 3.05) is 13.2 Å². The lowest BCUT2D eigenvalue weighted by molar-refractivity contribution is -0.672. The van der Waals surface area contributed by atoms with Crippen molar-refractivity contribution in [2.45, 2.75) is 18.9 Å². The Hall–Kier alpha value is -3.30. The second kappa shape index (κ2) is 7.94. The summed E-state index contributed by atoms with van der Waals surface area (Å²) in [5.74, 6) is 6.09. The molecule has 0 aliphatic carbocycles. The van der Waals surface area contributed by atoms with Crippen molar-refractivity contribution in [3.8, 4) is 29.2 Å². The molecule has 6 heteroatoms. The summed E-state index contributed by atoms with van der Waals surface area (Å²) in [4.78, 5) is 0. The monoisotopic (exact) mass is 362 g/mol. The van der Waals surface area contributed by atoms with E-state index in [0.717, 1.165) is 37.4 Å². The van der Waals surface area contributed by atoms with Crippen LogP contribution in [-0.2, 0) is 4.74 Å². The van der Waals surface area contributed by atoms with Gasteiger partial charge in [-0.05, 0) is 28.9 Å². The Morgan fingerprint density at radius 3 is 2.48 bits per heavy atom. The first-order valence-corrected chi connectivity index (χ1v) is 8.80. The van der Waals surface area contributed by atoms with Gasteiger partial charge in [-0.15, -0.1) is 0 Å². The molecular formula is C21H18N2O4. The molecule has 27 heavy (non-hydrogen) atoms. The smallest absolute Gasteiger partial charge is 0.314 e. The summed E-state index contributed by atoms with van der Waals surface area (Å²) < 4.78 is 17.5. The van der Waals surface area contributed by atoms with Gasteiger partial charge < -0.3 is 19.1 Å². The molecule has 2 aromatic carbocycles. The number of nitrogens with zero attached hydrogens (tertiary/aromatic N) is 2. The number of rotatable bonds is 3. The van der Waals surface area contributed by atoms with Crippen LogP contribution >= 0.6 is 0 Å². The quantitative estimate of drug-likeness (QED) is 0.526. The summed E-state index contributed by atoms with van der Waals surface area (Å²) in [6.07, 6.45) is 2.00. The maximum Gasteiger partial charge on any atom is 0.314 e. The van der Waals surface area contributed by atoms with E-state index in [0.29, 0.717) is 5.69 Å². The molecule has 1 aliphatic rings. The average Bonchev–Trinajstić information content (AvgIpc) is 3.09. The number of hydrogen-bond donors (Lipinski definition) is 0. The van der Waals surface area contributed by atoms with E-state index in [9.17, 15) is 5.11 Å². The third-order valence-corrected chi connectivity index (χ3v) is 4.26. The first kappa shape index (κ1) is 17.1. The minimum atomic E-state index is -0.564. The van der Waals surface area contributed by atoms with Crippen molar-refractivity contribution in [1.82, 2.24) is 5.27 Å². The highest BCUT2D eigenvalue weighted by Crippen LogP contribution is 2.18. The Kier molecular flexibility index (Phi) is 5.04. The molecule has 1 fully saturated rings. The first-order valence-electron chi connectivity index (χ1n) is 8.80. The Morgan fingerprint density at radius 2 is 1.74 bits per heavy atom. The Morgan fingerprint density at radius 1 is 1.00 bits per heavy atom. The number of hydrogen-bond acceptors (Lipinski definition) is 5. The van der Waals surface area contributed by atoms with Crippen molar-refractivity contribution in [3.63, 3.8) is 0 Å². The van der Waals surface area contributed by atoms with Crippen LogP contribution in [0.4, 0.5) is 0 Å². The lowest BCUT2D eigenvalue weighted by Crippen LogP contribution is -2.35. The molecule has 2 heterocycles. The van der Waals surface area contributed by atoms with Crippen molar-refractivity contribution in [3.05, 3.63) is 65.9 Å². The predicted molar refractivity (Wildman–Crippen MR) is 94.4 cm³/mol. The fourth-order valence-electron chi connectivity index (χ4n) is 2.83.